The van der Waals surface area contributed by atoms with Crippen LogP contribution in [0.3, 0.4) is 0 Å². The number of carbonyl (C=O) groups excluding carboxylic acids is 1. The van der Waals surface area contributed by atoms with E-state index >= 15 is 0 Å². The van der Waals surface area contributed by atoms with Crippen molar-refractivity contribution in [3.63, 3.8) is 0 Å². The second-order valence-electron chi connectivity index (χ2n) is 5.26. The summed E-state index contributed by atoms with van der Waals surface area (Å²) in [4.78, 5) is 22.0. The number of nitro groups is 1. The zero-order chi connectivity index (χ0) is 16.8. The minimum absolute atomic E-state index is 0.00257. The highest BCUT2D eigenvalue weighted by atomic mass is 35.5. The zero-order valence-corrected chi connectivity index (χ0v) is 13.1. The highest BCUT2D eigenvalue weighted by Crippen LogP contribution is 2.29. The van der Waals surface area contributed by atoms with Crippen LogP contribution < -0.4 is 15.4 Å². The van der Waals surface area contributed by atoms with Crippen LogP contribution in [0, 0.1) is 16.0 Å². The SMILES string of the molecule is O=C(CCOc1ccc(Cl)cc1[N+](=O)[O-])NCC1CNCC1O. The number of hydrogen-bond donors (Lipinski definition) is 3. The topological polar surface area (TPSA) is 114 Å². The fourth-order valence-electron chi connectivity index (χ4n) is 2.27. The fourth-order valence-corrected chi connectivity index (χ4v) is 2.44. The summed E-state index contributed by atoms with van der Waals surface area (Å²) >= 11 is 5.71. The summed E-state index contributed by atoms with van der Waals surface area (Å²) < 4.78 is 5.29. The normalized spacial score (nSPS) is 20.3. The maximum atomic E-state index is 11.7. The van der Waals surface area contributed by atoms with Gasteiger partial charge in [-0.1, -0.05) is 11.6 Å². The van der Waals surface area contributed by atoms with Crippen LogP contribution in [0.1, 0.15) is 6.42 Å². The average molecular weight is 344 g/mol. The van der Waals surface area contributed by atoms with Crippen molar-refractivity contribution in [1.29, 1.82) is 0 Å². The molecule has 2 rings (SSSR count). The number of nitrogens with one attached hydrogen (secondary N) is 2. The first-order valence-corrected chi connectivity index (χ1v) is 7.57. The first-order valence-electron chi connectivity index (χ1n) is 7.19. The van der Waals surface area contributed by atoms with Crippen molar-refractivity contribution in [2.75, 3.05) is 26.2 Å². The number of nitro benzene ring substituents is 1. The molecule has 1 aliphatic heterocycles. The van der Waals surface area contributed by atoms with Crippen molar-refractivity contribution in [3.8, 4) is 5.75 Å². The number of β-amino-alcohol motifs (C(OH)–C–C–N with tert-alkyl or cyclic N) is 1. The van der Waals surface area contributed by atoms with Gasteiger partial charge in [0.05, 0.1) is 24.1 Å². The van der Waals surface area contributed by atoms with Crippen LogP contribution >= 0.6 is 11.6 Å². The molecule has 9 heteroatoms. The predicted octanol–water partition coefficient (Wildman–Crippen LogP) is 0.714. The van der Waals surface area contributed by atoms with E-state index in [1.54, 1.807) is 0 Å². The summed E-state index contributed by atoms with van der Waals surface area (Å²) in [5.41, 5.74) is -0.238. The lowest BCUT2D eigenvalue weighted by atomic mass is 10.1. The molecule has 0 bridgehead atoms. The molecule has 0 spiro atoms. The van der Waals surface area contributed by atoms with Crippen LogP contribution in [-0.4, -0.2) is 48.3 Å². The standard InChI is InChI=1S/C14H18ClN3O5/c15-10-1-2-13(11(5-10)18(21)22)23-4-3-14(20)17-7-9-6-16-8-12(9)19/h1-2,5,9,12,16,19H,3-4,6-8H2,(H,17,20). The average Bonchev–Trinajstić information content (AvgIpc) is 2.91. The molecule has 2 unspecified atom stereocenters. The summed E-state index contributed by atoms with van der Waals surface area (Å²) in [7, 11) is 0. The second kappa shape index (κ2) is 8.09. The third-order valence-electron chi connectivity index (χ3n) is 3.57. The van der Waals surface area contributed by atoms with Crippen LogP contribution in [0.15, 0.2) is 18.2 Å². The largest absolute Gasteiger partial charge is 0.486 e. The number of carbonyl (C=O) groups is 1. The molecule has 8 nitrogen and oxygen atoms in total. The Morgan fingerprint density at radius 1 is 1.52 bits per heavy atom. The molecule has 23 heavy (non-hydrogen) atoms. The van der Waals surface area contributed by atoms with Gasteiger partial charge in [-0.15, -0.1) is 0 Å². The Morgan fingerprint density at radius 3 is 2.96 bits per heavy atom. The Labute approximate surface area is 137 Å². The molecule has 2 atom stereocenters. The van der Waals surface area contributed by atoms with Crippen LogP contribution in [0.2, 0.25) is 5.02 Å². The molecule has 1 amide bonds. The van der Waals surface area contributed by atoms with Crippen LogP contribution in [-0.2, 0) is 4.79 Å². The lowest BCUT2D eigenvalue weighted by molar-refractivity contribution is -0.385. The van der Waals surface area contributed by atoms with Crippen molar-refractivity contribution in [3.05, 3.63) is 33.3 Å². The monoisotopic (exact) mass is 343 g/mol. The summed E-state index contributed by atoms with van der Waals surface area (Å²) in [6.45, 7) is 1.59. The molecule has 1 aromatic rings. The number of amides is 1. The van der Waals surface area contributed by atoms with Gasteiger partial charge in [-0.3, -0.25) is 14.9 Å². The van der Waals surface area contributed by atoms with E-state index in [2.05, 4.69) is 10.6 Å². The molecule has 0 radical (unpaired) electrons. The first kappa shape index (κ1) is 17.5. The number of ether oxygens (including phenoxy) is 1. The molecule has 126 valence electrons. The van der Waals surface area contributed by atoms with Crippen LogP contribution in [0.5, 0.6) is 5.75 Å². The van der Waals surface area contributed by atoms with Crippen molar-refractivity contribution in [2.45, 2.75) is 12.5 Å². The van der Waals surface area contributed by atoms with Gasteiger partial charge >= 0.3 is 5.69 Å². The second-order valence-corrected chi connectivity index (χ2v) is 5.69. The van der Waals surface area contributed by atoms with Gasteiger partial charge in [0, 0.05) is 36.6 Å². The van der Waals surface area contributed by atoms with E-state index in [-0.39, 0.29) is 41.3 Å². The number of aliphatic hydroxyl groups excluding tert-OH is 1. The van der Waals surface area contributed by atoms with Gasteiger partial charge in [0.15, 0.2) is 5.75 Å². The Balaban J connectivity index is 1.76. The molecule has 1 aliphatic rings. The maximum Gasteiger partial charge on any atom is 0.312 e. The summed E-state index contributed by atoms with van der Waals surface area (Å²) in [5, 5.41) is 26.5. The van der Waals surface area contributed by atoms with E-state index in [1.165, 1.54) is 18.2 Å². The third kappa shape index (κ3) is 5.05. The minimum atomic E-state index is -0.588. The number of rotatable bonds is 7. The number of hydrogen-bond acceptors (Lipinski definition) is 6. The van der Waals surface area contributed by atoms with E-state index in [1.807, 2.05) is 0 Å². The number of halogens is 1. The minimum Gasteiger partial charge on any atom is -0.486 e. The summed E-state index contributed by atoms with van der Waals surface area (Å²) in [6, 6.07) is 4.09. The summed E-state index contributed by atoms with van der Waals surface area (Å²) in [6.07, 6.45) is -0.390. The van der Waals surface area contributed by atoms with E-state index in [9.17, 15) is 20.0 Å². The lowest BCUT2D eigenvalue weighted by Crippen LogP contribution is -2.34. The molecule has 1 aromatic carbocycles. The highest BCUT2D eigenvalue weighted by Gasteiger charge is 2.25. The van der Waals surface area contributed by atoms with Gasteiger partial charge < -0.3 is 20.5 Å². The molecular weight excluding hydrogens is 326 g/mol. The Bertz CT molecular complexity index is 584. The molecule has 0 aromatic heterocycles. The molecular formula is C14H18ClN3O5. The molecule has 1 heterocycles. The van der Waals surface area contributed by atoms with Crippen LogP contribution in [0.25, 0.3) is 0 Å². The van der Waals surface area contributed by atoms with E-state index < -0.39 is 11.0 Å². The van der Waals surface area contributed by atoms with E-state index in [0.29, 0.717) is 19.6 Å². The van der Waals surface area contributed by atoms with E-state index in [0.717, 1.165) is 0 Å². The van der Waals surface area contributed by atoms with E-state index in [4.69, 9.17) is 16.3 Å². The predicted molar refractivity (Wildman–Crippen MR) is 83.6 cm³/mol. The Morgan fingerprint density at radius 2 is 2.30 bits per heavy atom. The van der Waals surface area contributed by atoms with Gasteiger partial charge in [-0.2, -0.15) is 0 Å². The molecule has 0 saturated carbocycles. The Kier molecular flexibility index (Phi) is 6.14. The quantitative estimate of drug-likeness (QED) is 0.496. The van der Waals surface area contributed by atoms with Gasteiger partial charge in [-0.25, -0.2) is 0 Å². The van der Waals surface area contributed by atoms with Crippen molar-refractivity contribution >= 4 is 23.2 Å². The van der Waals surface area contributed by atoms with Gasteiger partial charge in [0.2, 0.25) is 5.91 Å². The van der Waals surface area contributed by atoms with Crippen molar-refractivity contribution in [1.82, 2.24) is 10.6 Å². The molecule has 0 aliphatic carbocycles. The maximum absolute atomic E-state index is 11.7. The zero-order valence-electron chi connectivity index (χ0n) is 12.3. The number of aliphatic hydroxyl groups is 1. The Hall–Kier alpha value is -1.90. The molecule has 3 N–H and O–H groups in total. The highest BCUT2D eigenvalue weighted by molar-refractivity contribution is 6.30. The van der Waals surface area contributed by atoms with Gasteiger partial charge in [-0.05, 0) is 12.1 Å². The lowest BCUT2D eigenvalue weighted by Gasteiger charge is -2.14. The molecule has 1 fully saturated rings. The number of nitrogens with zero attached hydrogens (tertiary/aromatic N) is 1. The van der Waals surface area contributed by atoms with Gasteiger partial charge in [0.1, 0.15) is 0 Å². The van der Waals surface area contributed by atoms with Crippen molar-refractivity contribution < 1.29 is 19.6 Å². The smallest absolute Gasteiger partial charge is 0.312 e. The summed E-state index contributed by atoms with van der Waals surface area (Å²) in [5.74, 6) is -0.166. The number of benzene rings is 1. The first-order chi connectivity index (χ1) is 11.0. The third-order valence-corrected chi connectivity index (χ3v) is 3.81. The van der Waals surface area contributed by atoms with Gasteiger partial charge in [0.25, 0.3) is 0 Å². The van der Waals surface area contributed by atoms with Crippen molar-refractivity contribution in [2.24, 2.45) is 5.92 Å². The fraction of sp³-hybridized carbons (Fsp3) is 0.500. The van der Waals surface area contributed by atoms with Crippen LogP contribution in [0.4, 0.5) is 5.69 Å². The molecule has 1 saturated heterocycles.